The van der Waals surface area contributed by atoms with Crippen LogP contribution in [0, 0.1) is 0 Å². The van der Waals surface area contributed by atoms with Crippen molar-refractivity contribution in [1.82, 2.24) is 5.48 Å². The standard InChI is InChI=1S/C10H14BrNO2S/c1-13-10-8(11)4-7(6-12-14-2)5-9(10)15-3/h4-5,12H,6H2,1-3H3. The summed E-state index contributed by atoms with van der Waals surface area (Å²) in [4.78, 5) is 5.92. The van der Waals surface area contributed by atoms with Gasteiger partial charge in [-0.15, -0.1) is 11.8 Å². The first-order valence-electron chi connectivity index (χ1n) is 4.39. The number of nitrogens with one attached hydrogen (secondary N) is 1. The van der Waals surface area contributed by atoms with Crippen molar-refractivity contribution in [3.8, 4) is 5.75 Å². The molecule has 0 radical (unpaired) electrons. The largest absolute Gasteiger partial charge is 0.494 e. The van der Waals surface area contributed by atoms with Crippen LogP contribution >= 0.6 is 27.7 Å². The molecule has 0 fully saturated rings. The average Bonchev–Trinajstić information content (AvgIpc) is 2.25. The van der Waals surface area contributed by atoms with E-state index in [-0.39, 0.29) is 0 Å². The second-order valence-electron chi connectivity index (χ2n) is 2.84. The molecule has 0 unspecified atom stereocenters. The minimum Gasteiger partial charge on any atom is -0.494 e. The van der Waals surface area contributed by atoms with Gasteiger partial charge in [-0.25, -0.2) is 0 Å². The van der Waals surface area contributed by atoms with Crippen LogP contribution in [-0.2, 0) is 11.4 Å². The Kier molecular flexibility index (Phi) is 5.45. The fourth-order valence-electron chi connectivity index (χ4n) is 1.23. The maximum Gasteiger partial charge on any atom is 0.146 e. The van der Waals surface area contributed by atoms with Gasteiger partial charge in [0.15, 0.2) is 0 Å². The number of thioether (sulfide) groups is 1. The molecule has 0 atom stereocenters. The van der Waals surface area contributed by atoms with Crippen LogP contribution in [0.5, 0.6) is 5.75 Å². The highest BCUT2D eigenvalue weighted by Gasteiger charge is 2.08. The maximum atomic E-state index is 5.31. The van der Waals surface area contributed by atoms with E-state index in [0.29, 0.717) is 6.54 Å². The van der Waals surface area contributed by atoms with Crippen molar-refractivity contribution in [1.29, 1.82) is 0 Å². The Hall–Kier alpha value is -0.230. The summed E-state index contributed by atoms with van der Waals surface area (Å²) >= 11 is 5.14. The van der Waals surface area contributed by atoms with E-state index >= 15 is 0 Å². The molecule has 0 aliphatic heterocycles. The fourth-order valence-corrected chi connectivity index (χ4v) is 2.68. The van der Waals surface area contributed by atoms with Gasteiger partial charge in [0.1, 0.15) is 5.75 Å². The number of benzene rings is 1. The Morgan fingerprint density at radius 2 is 2.13 bits per heavy atom. The molecule has 3 nitrogen and oxygen atoms in total. The number of hydroxylamine groups is 1. The lowest BCUT2D eigenvalue weighted by Gasteiger charge is -2.11. The van der Waals surface area contributed by atoms with Crippen LogP contribution in [0.2, 0.25) is 0 Å². The first kappa shape index (κ1) is 12.8. The van der Waals surface area contributed by atoms with E-state index in [0.717, 1.165) is 20.7 Å². The monoisotopic (exact) mass is 291 g/mol. The van der Waals surface area contributed by atoms with E-state index in [2.05, 4.69) is 27.5 Å². The summed E-state index contributed by atoms with van der Waals surface area (Å²) in [6.45, 7) is 0.673. The van der Waals surface area contributed by atoms with Crippen LogP contribution in [0.1, 0.15) is 5.56 Å². The summed E-state index contributed by atoms with van der Waals surface area (Å²) in [7, 11) is 3.28. The van der Waals surface area contributed by atoms with Gasteiger partial charge in [-0.3, -0.25) is 0 Å². The SMILES string of the molecule is CONCc1cc(Br)c(OC)c(SC)c1. The summed E-state index contributed by atoms with van der Waals surface area (Å²) in [6.07, 6.45) is 2.03. The van der Waals surface area contributed by atoms with Gasteiger partial charge in [-0.05, 0) is 39.9 Å². The molecule has 0 aliphatic rings. The van der Waals surface area contributed by atoms with Crippen molar-refractivity contribution >= 4 is 27.7 Å². The zero-order valence-corrected chi connectivity index (χ0v) is 11.4. The molecule has 1 aromatic carbocycles. The Morgan fingerprint density at radius 1 is 1.40 bits per heavy atom. The summed E-state index contributed by atoms with van der Waals surface area (Å²) in [6, 6.07) is 4.10. The summed E-state index contributed by atoms with van der Waals surface area (Å²) in [5, 5.41) is 0. The zero-order chi connectivity index (χ0) is 11.3. The molecule has 1 N–H and O–H groups in total. The molecule has 0 aliphatic carbocycles. The lowest BCUT2D eigenvalue weighted by atomic mass is 10.2. The van der Waals surface area contributed by atoms with Gasteiger partial charge in [0.25, 0.3) is 0 Å². The van der Waals surface area contributed by atoms with Crippen LogP contribution in [0.3, 0.4) is 0 Å². The topological polar surface area (TPSA) is 30.5 Å². The van der Waals surface area contributed by atoms with Crippen molar-refractivity contribution in [2.45, 2.75) is 11.4 Å². The molecule has 5 heteroatoms. The van der Waals surface area contributed by atoms with Crippen LogP contribution in [0.15, 0.2) is 21.5 Å². The minimum absolute atomic E-state index is 0.673. The minimum atomic E-state index is 0.673. The van der Waals surface area contributed by atoms with Crippen LogP contribution in [0.4, 0.5) is 0 Å². The molecule has 1 rings (SSSR count). The summed E-state index contributed by atoms with van der Waals surface area (Å²) in [5.41, 5.74) is 3.96. The highest BCUT2D eigenvalue weighted by molar-refractivity contribution is 9.10. The van der Waals surface area contributed by atoms with E-state index < -0.39 is 0 Å². The zero-order valence-electron chi connectivity index (χ0n) is 8.96. The first-order chi connectivity index (χ1) is 7.22. The van der Waals surface area contributed by atoms with E-state index in [9.17, 15) is 0 Å². The predicted octanol–water partition coefficient (Wildman–Crippen LogP) is 2.83. The maximum absolute atomic E-state index is 5.31. The van der Waals surface area contributed by atoms with E-state index in [4.69, 9.17) is 9.57 Å². The molecular weight excluding hydrogens is 278 g/mol. The Morgan fingerprint density at radius 3 is 2.67 bits per heavy atom. The van der Waals surface area contributed by atoms with Crippen molar-refractivity contribution in [2.75, 3.05) is 20.5 Å². The lowest BCUT2D eigenvalue weighted by Crippen LogP contribution is -2.10. The van der Waals surface area contributed by atoms with Crippen molar-refractivity contribution < 1.29 is 9.57 Å². The first-order valence-corrected chi connectivity index (χ1v) is 6.41. The Labute approximate surface area is 103 Å². The number of methoxy groups -OCH3 is 1. The Bertz CT molecular complexity index is 333. The second-order valence-corrected chi connectivity index (χ2v) is 4.54. The van der Waals surface area contributed by atoms with Gasteiger partial charge in [-0.2, -0.15) is 5.48 Å². The van der Waals surface area contributed by atoms with Crippen LogP contribution in [0.25, 0.3) is 0 Å². The highest BCUT2D eigenvalue weighted by Crippen LogP contribution is 2.35. The molecule has 1 aromatic rings. The normalized spacial score (nSPS) is 10.4. The van der Waals surface area contributed by atoms with Gasteiger partial charge in [0.05, 0.1) is 23.6 Å². The molecule has 0 heterocycles. The van der Waals surface area contributed by atoms with Gasteiger partial charge in [-0.1, -0.05) is 0 Å². The van der Waals surface area contributed by atoms with Gasteiger partial charge in [0.2, 0.25) is 0 Å². The molecule has 15 heavy (non-hydrogen) atoms. The molecule has 84 valence electrons. The van der Waals surface area contributed by atoms with Crippen molar-refractivity contribution in [3.63, 3.8) is 0 Å². The van der Waals surface area contributed by atoms with E-state index in [1.165, 1.54) is 0 Å². The third-order valence-corrected chi connectivity index (χ3v) is 3.25. The molecule has 0 saturated carbocycles. The summed E-state index contributed by atoms with van der Waals surface area (Å²) in [5.74, 6) is 0.878. The van der Waals surface area contributed by atoms with Gasteiger partial charge < -0.3 is 9.57 Å². The smallest absolute Gasteiger partial charge is 0.146 e. The average molecular weight is 292 g/mol. The lowest BCUT2D eigenvalue weighted by molar-refractivity contribution is 0.0866. The second kappa shape index (κ2) is 6.37. The molecule has 0 aromatic heterocycles. The quantitative estimate of drug-likeness (QED) is 0.668. The van der Waals surface area contributed by atoms with Gasteiger partial charge in [0, 0.05) is 6.54 Å². The van der Waals surface area contributed by atoms with Crippen molar-refractivity contribution in [3.05, 3.63) is 22.2 Å². The fraction of sp³-hybridized carbons (Fsp3) is 0.400. The van der Waals surface area contributed by atoms with E-state index in [1.807, 2.05) is 12.3 Å². The number of hydrogen-bond donors (Lipinski definition) is 1. The number of halogens is 1. The highest BCUT2D eigenvalue weighted by atomic mass is 79.9. The van der Waals surface area contributed by atoms with E-state index in [1.54, 1.807) is 26.0 Å². The Balaban J connectivity index is 2.97. The third kappa shape index (κ3) is 3.38. The molecular formula is C10H14BrNO2S. The number of ether oxygens (including phenoxy) is 1. The predicted molar refractivity (Wildman–Crippen MR) is 66.3 cm³/mol. The van der Waals surface area contributed by atoms with Crippen LogP contribution < -0.4 is 10.2 Å². The van der Waals surface area contributed by atoms with Crippen LogP contribution in [-0.4, -0.2) is 20.5 Å². The molecule has 0 amide bonds. The number of rotatable bonds is 5. The third-order valence-electron chi connectivity index (χ3n) is 1.91. The summed E-state index contributed by atoms with van der Waals surface area (Å²) < 4.78 is 6.27. The molecule has 0 saturated heterocycles. The molecule has 0 bridgehead atoms. The van der Waals surface area contributed by atoms with Gasteiger partial charge >= 0.3 is 0 Å². The van der Waals surface area contributed by atoms with Crippen molar-refractivity contribution in [2.24, 2.45) is 0 Å². The number of hydrogen-bond acceptors (Lipinski definition) is 4. The molecule has 0 spiro atoms.